The summed E-state index contributed by atoms with van der Waals surface area (Å²) in [5.74, 6) is 0.145. The Morgan fingerprint density at radius 3 is 2.89 bits per heavy atom. The molecule has 1 aliphatic heterocycles. The zero-order valence-corrected chi connectivity index (χ0v) is 12.4. The van der Waals surface area contributed by atoms with Crippen LogP contribution in [0.5, 0.6) is 0 Å². The molecule has 2 rings (SSSR count). The maximum atomic E-state index is 12.6. The van der Waals surface area contributed by atoms with Gasteiger partial charge in [0, 0.05) is 18.8 Å². The molecule has 1 aromatic rings. The molecule has 1 aliphatic rings. The lowest BCUT2D eigenvalue weighted by atomic mass is 10.0. The number of halogens is 1. The number of pyridine rings is 1. The van der Waals surface area contributed by atoms with Gasteiger partial charge in [0.2, 0.25) is 10.0 Å². The number of hydrogen-bond donors (Lipinski definition) is 1. The summed E-state index contributed by atoms with van der Waals surface area (Å²) in [6.45, 7) is 2.57. The minimum absolute atomic E-state index is 0.0649. The van der Waals surface area contributed by atoms with Crippen LogP contribution in [0.1, 0.15) is 32.6 Å². The van der Waals surface area contributed by atoms with E-state index in [9.17, 15) is 8.42 Å². The van der Waals surface area contributed by atoms with Crippen LogP contribution < -0.4 is 5.73 Å². The average molecular weight is 304 g/mol. The fourth-order valence-corrected chi connectivity index (χ4v) is 4.38. The van der Waals surface area contributed by atoms with E-state index in [0.717, 1.165) is 25.7 Å². The summed E-state index contributed by atoms with van der Waals surface area (Å²) in [5, 5.41) is 0.172. The van der Waals surface area contributed by atoms with Crippen LogP contribution in [-0.2, 0) is 10.0 Å². The number of nitrogens with zero attached hydrogens (tertiary/aromatic N) is 2. The summed E-state index contributed by atoms with van der Waals surface area (Å²) in [4.78, 5) is 3.95. The number of sulfonamides is 1. The Kier molecular flexibility index (Phi) is 4.32. The summed E-state index contributed by atoms with van der Waals surface area (Å²) in [5.41, 5.74) is 5.51. The van der Waals surface area contributed by atoms with Crippen molar-refractivity contribution in [3.63, 3.8) is 0 Å². The molecule has 2 N–H and O–H groups in total. The van der Waals surface area contributed by atoms with Crippen molar-refractivity contribution in [3.8, 4) is 0 Å². The SMILES string of the molecule is CCC1CCCCN1S(=O)(=O)c1cnc(N)c(Cl)c1. The third kappa shape index (κ3) is 2.85. The summed E-state index contributed by atoms with van der Waals surface area (Å²) >= 11 is 5.86. The van der Waals surface area contributed by atoms with Crippen molar-refractivity contribution < 1.29 is 8.42 Å². The minimum Gasteiger partial charge on any atom is -0.382 e. The number of rotatable bonds is 3. The monoisotopic (exact) mass is 303 g/mol. The number of nitrogen functional groups attached to an aromatic ring is 1. The number of hydrogen-bond acceptors (Lipinski definition) is 4. The van der Waals surface area contributed by atoms with Gasteiger partial charge in [0.05, 0.1) is 5.02 Å². The van der Waals surface area contributed by atoms with Gasteiger partial charge in [-0.25, -0.2) is 13.4 Å². The Hall–Kier alpha value is -0.850. The molecule has 1 saturated heterocycles. The number of nitrogens with two attached hydrogens (primary N) is 1. The van der Waals surface area contributed by atoms with Crippen LogP contribution in [0.15, 0.2) is 17.2 Å². The fraction of sp³-hybridized carbons (Fsp3) is 0.583. The highest BCUT2D eigenvalue weighted by Crippen LogP contribution is 2.28. The molecule has 2 heterocycles. The second-order valence-corrected chi connectivity index (χ2v) is 7.01. The number of aromatic nitrogens is 1. The van der Waals surface area contributed by atoms with Gasteiger partial charge in [-0.05, 0) is 25.3 Å². The molecule has 1 aromatic heterocycles. The third-order valence-electron chi connectivity index (χ3n) is 3.50. The summed E-state index contributed by atoms with van der Waals surface area (Å²) in [6.07, 6.45) is 4.97. The summed E-state index contributed by atoms with van der Waals surface area (Å²) in [6, 6.07) is 1.44. The molecule has 0 amide bonds. The predicted molar refractivity (Wildman–Crippen MR) is 75.5 cm³/mol. The van der Waals surface area contributed by atoms with Crippen molar-refractivity contribution in [2.24, 2.45) is 0 Å². The van der Waals surface area contributed by atoms with Gasteiger partial charge in [0.1, 0.15) is 10.7 Å². The molecule has 0 radical (unpaired) electrons. The lowest BCUT2D eigenvalue weighted by Gasteiger charge is -2.34. The van der Waals surface area contributed by atoms with E-state index in [-0.39, 0.29) is 21.8 Å². The van der Waals surface area contributed by atoms with E-state index in [0.29, 0.717) is 6.54 Å². The first-order valence-corrected chi connectivity index (χ1v) is 8.21. The highest BCUT2D eigenvalue weighted by molar-refractivity contribution is 7.89. The topological polar surface area (TPSA) is 76.3 Å². The molecule has 0 bridgehead atoms. The lowest BCUT2D eigenvalue weighted by molar-refractivity contribution is 0.246. The highest BCUT2D eigenvalue weighted by atomic mass is 35.5. The molecular weight excluding hydrogens is 286 g/mol. The van der Waals surface area contributed by atoms with Gasteiger partial charge < -0.3 is 5.73 Å². The van der Waals surface area contributed by atoms with E-state index in [1.807, 2.05) is 6.92 Å². The smallest absolute Gasteiger partial charge is 0.244 e. The van der Waals surface area contributed by atoms with Crippen molar-refractivity contribution in [1.29, 1.82) is 0 Å². The molecule has 0 spiro atoms. The Balaban J connectivity index is 2.37. The molecule has 106 valence electrons. The molecule has 7 heteroatoms. The van der Waals surface area contributed by atoms with Crippen molar-refractivity contribution in [2.75, 3.05) is 12.3 Å². The highest BCUT2D eigenvalue weighted by Gasteiger charge is 2.32. The second kappa shape index (κ2) is 5.64. The third-order valence-corrected chi connectivity index (χ3v) is 5.72. The van der Waals surface area contributed by atoms with Crippen LogP contribution in [0.4, 0.5) is 5.82 Å². The number of anilines is 1. The standard InChI is InChI=1S/C12H18ClN3O2S/c1-2-9-5-3-4-6-16(9)19(17,18)10-7-11(13)12(14)15-8-10/h7-9H,2-6H2,1H3,(H2,14,15). The molecule has 0 saturated carbocycles. The zero-order valence-electron chi connectivity index (χ0n) is 10.8. The first-order valence-electron chi connectivity index (χ1n) is 6.39. The van der Waals surface area contributed by atoms with E-state index in [4.69, 9.17) is 17.3 Å². The van der Waals surface area contributed by atoms with Gasteiger partial charge in [-0.15, -0.1) is 0 Å². The normalized spacial score (nSPS) is 21.5. The van der Waals surface area contributed by atoms with Crippen LogP contribution >= 0.6 is 11.6 Å². The van der Waals surface area contributed by atoms with Crippen molar-refractivity contribution >= 4 is 27.4 Å². The molecule has 1 unspecified atom stereocenters. The Bertz CT molecular complexity index is 562. The predicted octanol–water partition coefficient (Wildman–Crippen LogP) is 2.27. The molecule has 19 heavy (non-hydrogen) atoms. The molecular formula is C12H18ClN3O2S. The van der Waals surface area contributed by atoms with Crippen LogP contribution in [0.2, 0.25) is 5.02 Å². The molecule has 1 fully saturated rings. The van der Waals surface area contributed by atoms with Gasteiger partial charge in [-0.3, -0.25) is 0 Å². The largest absolute Gasteiger partial charge is 0.382 e. The lowest BCUT2D eigenvalue weighted by Crippen LogP contribution is -2.43. The summed E-state index contributed by atoms with van der Waals surface area (Å²) in [7, 11) is -3.53. The molecule has 5 nitrogen and oxygen atoms in total. The van der Waals surface area contributed by atoms with Crippen LogP contribution in [0.3, 0.4) is 0 Å². The molecule has 0 aliphatic carbocycles. The van der Waals surface area contributed by atoms with Gasteiger partial charge in [0.15, 0.2) is 0 Å². The zero-order chi connectivity index (χ0) is 14.0. The first kappa shape index (κ1) is 14.6. The van der Waals surface area contributed by atoms with E-state index in [1.54, 1.807) is 4.31 Å². The van der Waals surface area contributed by atoms with Crippen molar-refractivity contribution in [2.45, 2.75) is 43.5 Å². The van der Waals surface area contributed by atoms with E-state index in [1.165, 1.54) is 12.3 Å². The molecule has 1 atom stereocenters. The fourth-order valence-electron chi connectivity index (χ4n) is 2.41. The maximum absolute atomic E-state index is 12.6. The summed E-state index contributed by atoms with van der Waals surface area (Å²) < 4.78 is 26.8. The van der Waals surface area contributed by atoms with E-state index < -0.39 is 10.0 Å². The Labute approximate surface area is 118 Å². The Morgan fingerprint density at radius 1 is 1.53 bits per heavy atom. The van der Waals surface area contributed by atoms with Crippen LogP contribution in [0, 0.1) is 0 Å². The van der Waals surface area contributed by atoms with Crippen LogP contribution in [-0.4, -0.2) is 30.3 Å². The van der Waals surface area contributed by atoms with Gasteiger partial charge in [-0.2, -0.15) is 4.31 Å². The average Bonchev–Trinajstić information content (AvgIpc) is 2.41. The van der Waals surface area contributed by atoms with Crippen molar-refractivity contribution in [1.82, 2.24) is 9.29 Å². The second-order valence-electron chi connectivity index (χ2n) is 4.71. The molecule has 0 aromatic carbocycles. The number of piperidine rings is 1. The van der Waals surface area contributed by atoms with Crippen LogP contribution in [0.25, 0.3) is 0 Å². The first-order chi connectivity index (χ1) is 8.96. The Morgan fingerprint density at radius 2 is 2.26 bits per heavy atom. The van der Waals surface area contributed by atoms with Gasteiger partial charge in [-0.1, -0.05) is 24.9 Å². The van der Waals surface area contributed by atoms with Gasteiger partial charge >= 0.3 is 0 Å². The van der Waals surface area contributed by atoms with E-state index in [2.05, 4.69) is 4.98 Å². The quantitative estimate of drug-likeness (QED) is 0.929. The minimum atomic E-state index is -3.53. The van der Waals surface area contributed by atoms with Crippen molar-refractivity contribution in [3.05, 3.63) is 17.3 Å². The van der Waals surface area contributed by atoms with Gasteiger partial charge in [0.25, 0.3) is 0 Å². The maximum Gasteiger partial charge on any atom is 0.244 e. The van der Waals surface area contributed by atoms with E-state index >= 15 is 0 Å².